The van der Waals surface area contributed by atoms with Crippen molar-refractivity contribution < 1.29 is 4.74 Å². The molecule has 1 fully saturated rings. The lowest BCUT2D eigenvalue weighted by molar-refractivity contribution is 0.386. The number of nitrogens with zero attached hydrogens (tertiary/aromatic N) is 3. The number of nitrogens with two attached hydrogens (primary N) is 1. The van der Waals surface area contributed by atoms with Gasteiger partial charge in [-0.15, -0.1) is 0 Å². The van der Waals surface area contributed by atoms with E-state index in [0.29, 0.717) is 11.8 Å². The number of aryl methyl sites for hydroxylation is 1. The van der Waals surface area contributed by atoms with Gasteiger partial charge in [0.1, 0.15) is 11.6 Å². The van der Waals surface area contributed by atoms with E-state index in [1.807, 2.05) is 13.0 Å². The van der Waals surface area contributed by atoms with Crippen LogP contribution in [0.25, 0.3) is 0 Å². The predicted molar refractivity (Wildman–Crippen MR) is 71.9 cm³/mol. The SMILES string of the molecule is COc1cc(N2CCCC(CCN)C2)nc(C)n1. The molecule has 0 bridgehead atoms. The minimum atomic E-state index is 0.637. The van der Waals surface area contributed by atoms with E-state index < -0.39 is 0 Å². The van der Waals surface area contributed by atoms with E-state index in [-0.39, 0.29) is 0 Å². The van der Waals surface area contributed by atoms with Crippen molar-refractivity contribution in [3.05, 3.63) is 11.9 Å². The van der Waals surface area contributed by atoms with Gasteiger partial charge in [-0.1, -0.05) is 0 Å². The molecule has 5 nitrogen and oxygen atoms in total. The van der Waals surface area contributed by atoms with Crippen LogP contribution in [0.15, 0.2) is 6.07 Å². The Hall–Kier alpha value is -1.36. The zero-order valence-corrected chi connectivity index (χ0v) is 11.2. The maximum atomic E-state index is 5.65. The van der Waals surface area contributed by atoms with Gasteiger partial charge in [0, 0.05) is 19.2 Å². The summed E-state index contributed by atoms with van der Waals surface area (Å²) < 4.78 is 5.20. The summed E-state index contributed by atoms with van der Waals surface area (Å²) in [5.41, 5.74) is 5.65. The normalized spacial score (nSPS) is 19.9. The first-order valence-electron chi connectivity index (χ1n) is 6.57. The van der Waals surface area contributed by atoms with E-state index in [0.717, 1.165) is 37.7 Å². The molecule has 0 spiro atoms. The quantitative estimate of drug-likeness (QED) is 0.874. The number of methoxy groups -OCH3 is 1. The van der Waals surface area contributed by atoms with Crippen LogP contribution in [0.5, 0.6) is 5.88 Å². The minimum Gasteiger partial charge on any atom is -0.481 e. The molecule has 1 aromatic heterocycles. The van der Waals surface area contributed by atoms with Crippen LogP contribution in [-0.2, 0) is 0 Å². The molecule has 1 aromatic rings. The predicted octanol–water partition coefficient (Wildman–Crippen LogP) is 1.36. The summed E-state index contributed by atoms with van der Waals surface area (Å²) in [6.45, 7) is 4.76. The molecule has 1 aliphatic heterocycles. The molecule has 1 saturated heterocycles. The second-order valence-electron chi connectivity index (χ2n) is 4.85. The van der Waals surface area contributed by atoms with E-state index in [4.69, 9.17) is 10.5 Å². The smallest absolute Gasteiger partial charge is 0.218 e. The summed E-state index contributed by atoms with van der Waals surface area (Å²) in [5.74, 6) is 3.05. The number of rotatable bonds is 4. The van der Waals surface area contributed by atoms with Gasteiger partial charge in [0.25, 0.3) is 0 Å². The van der Waals surface area contributed by atoms with Gasteiger partial charge in [-0.05, 0) is 38.6 Å². The molecule has 0 aromatic carbocycles. The van der Waals surface area contributed by atoms with Gasteiger partial charge in [0.2, 0.25) is 5.88 Å². The van der Waals surface area contributed by atoms with Crippen molar-refractivity contribution in [2.75, 3.05) is 31.6 Å². The molecular weight excluding hydrogens is 228 g/mol. The maximum absolute atomic E-state index is 5.65. The van der Waals surface area contributed by atoms with Crippen LogP contribution < -0.4 is 15.4 Å². The lowest BCUT2D eigenvalue weighted by atomic mass is 9.95. The lowest BCUT2D eigenvalue weighted by Crippen LogP contribution is -2.36. The van der Waals surface area contributed by atoms with Gasteiger partial charge in [-0.3, -0.25) is 0 Å². The van der Waals surface area contributed by atoms with E-state index in [1.165, 1.54) is 12.8 Å². The Morgan fingerprint density at radius 1 is 1.50 bits per heavy atom. The van der Waals surface area contributed by atoms with Crippen LogP contribution in [0, 0.1) is 12.8 Å². The zero-order valence-electron chi connectivity index (χ0n) is 11.2. The van der Waals surface area contributed by atoms with Crippen LogP contribution >= 0.6 is 0 Å². The first-order valence-corrected chi connectivity index (χ1v) is 6.57. The van der Waals surface area contributed by atoms with Crippen molar-refractivity contribution in [2.45, 2.75) is 26.2 Å². The van der Waals surface area contributed by atoms with Crippen molar-refractivity contribution in [1.29, 1.82) is 0 Å². The van der Waals surface area contributed by atoms with Gasteiger partial charge in [0.05, 0.1) is 7.11 Å². The van der Waals surface area contributed by atoms with Crippen molar-refractivity contribution in [3.8, 4) is 5.88 Å². The van der Waals surface area contributed by atoms with E-state index in [2.05, 4.69) is 14.9 Å². The molecule has 18 heavy (non-hydrogen) atoms. The molecule has 0 aliphatic carbocycles. The third-order valence-electron chi connectivity index (χ3n) is 3.43. The highest BCUT2D eigenvalue weighted by Crippen LogP contribution is 2.25. The summed E-state index contributed by atoms with van der Waals surface area (Å²) in [6, 6.07) is 1.91. The Balaban J connectivity index is 2.12. The number of hydrogen-bond acceptors (Lipinski definition) is 5. The van der Waals surface area contributed by atoms with Crippen LogP contribution in [0.4, 0.5) is 5.82 Å². The fourth-order valence-electron chi connectivity index (χ4n) is 2.54. The fourth-order valence-corrected chi connectivity index (χ4v) is 2.54. The van der Waals surface area contributed by atoms with Crippen LogP contribution in [0.2, 0.25) is 0 Å². The van der Waals surface area contributed by atoms with Crippen LogP contribution in [0.3, 0.4) is 0 Å². The highest BCUT2D eigenvalue weighted by Gasteiger charge is 2.21. The van der Waals surface area contributed by atoms with Gasteiger partial charge in [-0.25, -0.2) is 4.98 Å². The molecule has 100 valence electrons. The topological polar surface area (TPSA) is 64.3 Å². The number of aromatic nitrogens is 2. The third-order valence-corrected chi connectivity index (χ3v) is 3.43. The Morgan fingerprint density at radius 3 is 3.06 bits per heavy atom. The van der Waals surface area contributed by atoms with Crippen LogP contribution in [0.1, 0.15) is 25.1 Å². The van der Waals surface area contributed by atoms with Gasteiger partial charge >= 0.3 is 0 Å². The van der Waals surface area contributed by atoms with Crippen molar-refractivity contribution >= 4 is 5.82 Å². The van der Waals surface area contributed by atoms with E-state index in [9.17, 15) is 0 Å². The third kappa shape index (κ3) is 3.10. The standard InChI is InChI=1S/C13H22N4O/c1-10-15-12(8-13(16-10)18-2)17-7-3-4-11(9-17)5-6-14/h8,11H,3-7,9,14H2,1-2H3. The van der Waals surface area contributed by atoms with Gasteiger partial charge < -0.3 is 15.4 Å². The zero-order chi connectivity index (χ0) is 13.0. The molecule has 1 atom stereocenters. The maximum Gasteiger partial charge on any atom is 0.218 e. The first-order chi connectivity index (χ1) is 8.72. The fraction of sp³-hybridized carbons (Fsp3) is 0.692. The van der Waals surface area contributed by atoms with Crippen molar-refractivity contribution in [1.82, 2.24) is 9.97 Å². The first kappa shape index (κ1) is 13.1. The largest absolute Gasteiger partial charge is 0.481 e. The summed E-state index contributed by atoms with van der Waals surface area (Å²) in [5, 5.41) is 0. The summed E-state index contributed by atoms with van der Waals surface area (Å²) >= 11 is 0. The number of piperidine rings is 1. The number of anilines is 1. The Labute approximate surface area is 108 Å². The molecule has 2 N–H and O–H groups in total. The van der Waals surface area contributed by atoms with Crippen LogP contribution in [-0.4, -0.2) is 36.7 Å². The van der Waals surface area contributed by atoms with Crippen molar-refractivity contribution in [3.63, 3.8) is 0 Å². The lowest BCUT2D eigenvalue weighted by Gasteiger charge is -2.33. The summed E-state index contributed by atoms with van der Waals surface area (Å²) in [6.07, 6.45) is 3.57. The monoisotopic (exact) mass is 250 g/mol. The average molecular weight is 250 g/mol. The molecule has 1 unspecified atom stereocenters. The van der Waals surface area contributed by atoms with Crippen molar-refractivity contribution in [2.24, 2.45) is 11.7 Å². The van der Waals surface area contributed by atoms with E-state index >= 15 is 0 Å². The van der Waals surface area contributed by atoms with Gasteiger partial charge in [-0.2, -0.15) is 4.98 Å². The molecule has 0 amide bonds. The molecule has 1 aliphatic rings. The Morgan fingerprint density at radius 2 is 2.33 bits per heavy atom. The highest BCUT2D eigenvalue weighted by atomic mass is 16.5. The highest BCUT2D eigenvalue weighted by molar-refractivity contribution is 5.42. The Bertz CT molecular complexity index is 395. The molecule has 0 saturated carbocycles. The molecular formula is C13H22N4O. The summed E-state index contributed by atoms with van der Waals surface area (Å²) in [4.78, 5) is 11.0. The van der Waals surface area contributed by atoms with Gasteiger partial charge in [0.15, 0.2) is 0 Å². The average Bonchev–Trinajstić information content (AvgIpc) is 2.39. The number of hydrogen-bond donors (Lipinski definition) is 1. The second-order valence-corrected chi connectivity index (χ2v) is 4.85. The molecule has 5 heteroatoms. The number of ether oxygens (including phenoxy) is 1. The van der Waals surface area contributed by atoms with E-state index in [1.54, 1.807) is 7.11 Å². The summed E-state index contributed by atoms with van der Waals surface area (Å²) in [7, 11) is 1.64. The molecule has 0 radical (unpaired) electrons. The molecule has 2 heterocycles. The second kappa shape index (κ2) is 6.00. The minimum absolute atomic E-state index is 0.637. The Kier molecular flexibility index (Phi) is 4.36. The molecule has 2 rings (SSSR count).